The van der Waals surface area contributed by atoms with E-state index in [1.807, 2.05) is 0 Å². The third-order valence-electron chi connectivity index (χ3n) is 10.6. The number of aliphatic hydroxyl groups excluding tert-OH is 3. The van der Waals surface area contributed by atoms with Gasteiger partial charge in [-0.05, 0) is 97.7 Å². The van der Waals surface area contributed by atoms with E-state index in [1.54, 1.807) is 0 Å². The minimum absolute atomic E-state index is 0.111. The zero-order chi connectivity index (χ0) is 21.8. The van der Waals surface area contributed by atoms with Crippen LogP contribution in [-0.4, -0.2) is 46.7 Å². The first-order chi connectivity index (χ1) is 14.1. The van der Waals surface area contributed by atoms with E-state index in [-0.39, 0.29) is 41.0 Å². The second-order valence-corrected chi connectivity index (χ2v) is 11.6. The minimum atomic E-state index is -0.369. The van der Waals surface area contributed by atoms with Crippen LogP contribution in [0.25, 0.3) is 0 Å². The summed E-state index contributed by atoms with van der Waals surface area (Å²) >= 11 is 0. The molecule has 0 heterocycles. The Bertz CT molecular complexity index is 651. The van der Waals surface area contributed by atoms with Gasteiger partial charge in [-0.3, -0.25) is 4.79 Å². The molecule has 172 valence electrons. The molecule has 0 amide bonds. The summed E-state index contributed by atoms with van der Waals surface area (Å²) in [7, 11) is 1.44. The van der Waals surface area contributed by atoms with Crippen LogP contribution in [0.5, 0.6) is 0 Å². The Hall–Kier alpha value is -0.650. The summed E-state index contributed by atoms with van der Waals surface area (Å²) in [5.74, 6) is 1.81. The number of esters is 1. The van der Waals surface area contributed by atoms with Crippen molar-refractivity contribution in [2.75, 3.05) is 7.11 Å². The van der Waals surface area contributed by atoms with E-state index in [0.717, 1.165) is 51.4 Å². The molecule has 3 N–H and O–H groups in total. The SMILES string of the molecule is COC(=O)CC[C@@H](C)[C@H]1CC[C@H]2[C@@H]3[C@H](O)C[C@@H]4C[C@H](O)CC[C@]4(C)[C@H]3C[C@@H](O)[C@]12C. The van der Waals surface area contributed by atoms with E-state index in [1.165, 1.54) is 7.11 Å². The molecule has 0 aliphatic heterocycles. The number of aliphatic hydroxyl groups is 3. The summed E-state index contributed by atoms with van der Waals surface area (Å²) in [4.78, 5) is 11.7. The lowest BCUT2D eigenvalue weighted by molar-refractivity contribution is -0.207. The first-order valence-corrected chi connectivity index (χ1v) is 12.2. The summed E-state index contributed by atoms with van der Waals surface area (Å²) in [6, 6.07) is 0. The van der Waals surface area contributed by atoms with Crippen LogP contribution < -0.4 is 0 Å². The fraction of sp³-hybridized carbons (Fsp3) is 0.960. The lowest BCUT2D eigenvalue weighted by atomic mass is 9.43. The van der Waals surface area contributed by atoms with E-state index < -0.39 is 0 Å². The zero-order valence-electron chi connectivity index (χ0n) is 19.2. The van der Waals surface area contributed by atoms with Crippen LogP contribution in [0.15, 0.2) is 0 Å². The largest absolute Gasteiger partial charge is 0.469 e. The van der Waals surface area contributed by atoms with Gasteiger partial charge in [0.15, 0.2) is 0 Å². The van der Waals surface area contributed by atoms with Gasteiger partial charge >= 0.3 is 5.97 Å². The Balaban J connectivity index is 1.58. The van der Waals surface area contributed by atoms with Crippen LogP contribution >= 0.6 is 0 Å². The number of hydrogen-bond donors (Lipinski definition) is 3. The predicted molar refractivity (Wildman–Crippen MR) is 114 cm³/mol. The van der Waals surface area contributed by atoms with Crippen molar-refractivity contribution >= 4 is 5.97 Å². The molecule has 0 unspecified atom stereocenters. The number of carbonyl (C=O) groups excluding carboxylic acids is 1. The molecule has 0 bridgehead atoms. The number of methoxy groups -OCH3 is 1. The van der Waals surface area contributed by atoms with Gasteiger partial charge in [0.05, 0.1) is 25.4 Å². The van der Waals surface area contributed by atoms with Crippen molar-refractivity contribution in [2.45, 2.75) is 96.9 Å². The van der Waals surface area contributed by atoms with Gasteiger partial charge in [-0.25, -0.2) is 0 Å². The smallest absolute Gasteiger partial charge is 0.305 e. The van der Waals surface area contributed by atoms with Crippen molar-refractivity contribution < 1.29 is 24.9 Å². The van der Waals surface area contributed by atoms with Gasteiger partial charge in [-0.15, -0.1) is 0 Å². The molecule has 0 aromatic carbocycles. The summed E-state index contributed by atoms with van der Waals surface area (Å²) in [6.45, 7) is 6.85. The standard InChI is InChI=1S/C25H42O5/c1-14(5-8-22(29)30-4)17-6-7-18-23-19(13-21(28)25(17,18)3)24(2)10-9-16(26)11-15(24)12-20(23)27/h14-21,23,26-28H,5-13H2,1-4H3/t14-,15+,16-,17-,18+,19+,20-,21-,23+,24+,25-/m1/s1. The molecule has 0 radical (unpaired) electrons. The molecule has 11 atom stereocenters. The van der Waals surface area contributed by atoms with Gasteiger partial charge in [0, 0.05) is 6.42 Å². The third-order valence-corrected chi connectivity index (χ3v) is 10.6. The lowest BCUT2D eigenvalue weighted by Gasteiger charge is -2.63. The highest BCUT2D eigenvalue weighted by molar-refractivity contribution is 5.69. The number of ether oxygens (including phenoxy) is 1. The average Bonchev–Trinajstić information content (AvgIpc) is 3.06. The van der Waals surface area contributed by atoms with E-state index in [4.69, 9.17) is 4.74 Å². The molecule has 4 fully saturated rings. The molecule has 0 spiro atoms. The van der Waals surface area contributed by atoms with E-state index in [9.17, 15) is 20.1 Å². The summed E-state index contributed by atoms with van der Waals surface area (Å²) in [6.07, 6.45) is 6.60. The minimum Gasteiger partial charge on any atom is -0.469 e. The zero-order valence-corrected chi connectivity index (χ0v) is 19.2. The quantitative estimate of drug-likeness (QED) is 0.603. The monoisotopic (exact) mass is 422 g/mol. The molecule has 0 aromatic heterocycles. The Kier molecular flexibility index (Phi) is 6.04. The van der Waals surface area contributed by atoms with E-state index in [0.29, 0.717) is 36.0 Å². The first-order valence-electron chi connectivity index (χ1n) is 12.2. The fourth-order valence-corrected chi connectivity index (χ4v) is 8.78. The predicted octanol–water partition coefficient (Wildman–Crippen LogP) is 3.54. The summed E-state index contributed by atoms with van der Waals surface area (Å²) < 4.78 is 4.83. The Morgan fingerprint density at radius 1 is 1.07 bits per heavy atom. The highest BCUT2D eigenvalue weighted by Crippen LogP contribution is 2.68. The number of hydrogen-bond acceptors (Lipinski definition) is 5. The maximum absolute atomic E-state index is 11.7. The molecular weight excluding hydrogens is 380 g/mol. The van der Waals surface area contributed by atoms with Crippen molar-refractivity contribution in [3.05, 3.63) is 0 Å². The highest BCUT2D eigenvalue weighted by Gasteiger charge is 2.65. The second kappa shape index (κ2) is 8.04. The second-order valence-electron chi connectivity index (χ2n) is 11.6. The number of carbonyl (C=O) groups is 1. The Morgan fingerprint density at radius 2 is 1.80 bits per heavy atom. The number of fused-ring (bicyclic) bond motifs is 5. The van der Waals surface area contributed by atoms with Crippen LogP contribution in [0.4, 0.5) is 0 Å². The maximum Gasteiger partial charge on any atom is 0.305 e. The molecule has 5 heteroatoms. The van der Waals surface area contributed by atoms with Crippen LogP contribution in [0.3, 0.4) is 0 Å². The van der Waals surface area contributed by atoms with Gasteiger partial charge in [0.25, 0.3) is 0 Å². The fourth-order valence-electron chi connectivity index (χ4n) is 8.78. The van der Waals surface area contributed by atoms with Crippen LogP contribution in [0.1, 0.15) is 78.6 Å². The highest BCUT2D eigenvalue weighted by atomic mass is 16.5. The van der Waals surface area contributed by atoms with Crippen LogP contribution in [-0.2, 0) is 9.53 Å². The van der Waals surface area contributed by atoms with Gasteiger partial charge in [0.2, 0.25) is 0 Å². The molecule has 0 saturated heterocycles. The average molecular weight is 423 g/mol. The molecule has 0 aromatic rings. The third kappa shape index (κ3) is 3.34. The van der Waals surface area contributed by atoms with Crippen molar-refractivity contribution in [1.82, 2.24) is 0 Å². The molecular formula is C25H42O5. The van der Waals surface area contributed by atoms with Crippen LogP contribution in [0.2, 0.25) is 0 Å². The van der Waals surface area contributed by atoms with Crippen molar-refractivity contribution in [2.24, 2.45) is 46.3 Å². The summed E-state index contributed by atoms with van der Waals surface area (Å²) in [5, 5.41) is 33.1. The normalized spacial score (nSPS) is 51.4. The van der Waals surface area contributed by atoms with Crippen molar-refractivity contribution in [1.29, 1.82) is 0 Å². The van der Waals surface area contributed by atoms with Gasteiger partial charge < -0.3 is 20.1 Å². The number of rotatable bonds is 4. The molecule has 4 rings (SSSR count). The molecule has 4 aliphatic rings. The van der Waals surface area contributed by atoms with Crippen LogP contribution in [0, 0.1) is 46.3 Å². The maximum atomic E-state index is 11.7. The van der Waals surface area contributed by atoms with E-state index >= 15 is 0 Å². The lowest BCUT2D eigenvalue weighted by Crippen LogP contribution is -2.62. The topological polar surface area (TPSA) is 87.0 Å². The van der Waals surface area contributed by atoms with Crippen molar-refractivity contribution in [3.63, 3.8) is 0 Å². The molecule has 5 nitrogen and oxygen atoms in total. The Morgan fingerprint density at radius 3 is 2.50 bits per heavy atom. The molecule has 30 heavy (non-hydrogen) atoms. The van der Waals surface area contributed by atoms with Gasteiger partial charge in [-0.2, -0.15) is 0 Å². The molecule has 4 aliphatic carbocycles. The van der Waals surface area contributed by atoms with Crippen molar-refractivity contribution in [3.8, 4) is 0 Å². The molecule has 4 saturated carbocycles. The van der Waals surface area contributed by atoms with E-state index in [2.05, 4.69) is 20.8 Å². The first kappa shape index (κ1) is 22.5. The van der Waals surface area contributed by atoms with Gasteiger partial charge in [-0.1, -0.05) is 20.8 Å². The van der Waals surface area contributed by atoms with Gasteiger partial charge in [0.1, 0.15) is 0 Å². The Labute approximate surface area is 181 Å². The summed E-state index contributed by atoms with van der Waals surface area (Å²) in [5.41, 5.74) is -0.0882.